The van der Waals surface area contributed by atoms with Crippen molar-refractivity contribution in [1.82, 2.24) is 0 Å². The van der Waals surface area contributed by atoms with Crippen molar-refractivity contribution < 1.29 is 56.8 Å². The van der Waals surface area contributed by atoms with E-state index in [9.17, 15) is 0 Å². The summed E-state index contributed by atoms with van der Waals surface area (Å²) < 4.78 is 74.0. The Labute approximate surface area is 370 Å². The molecule has 0 atom stereocenters. The van der Waals surface area contributed by atoms with Crippen molar-refractivity contribution >= 4 is 68.0 Å². The minimum absolute atomic E-state index is 0.144. The molecule has 10 heterocycles. The fourth-order valence-corrected chi connectivity index (χ4v) is 14.5. The zero-order valence-electron chi connectivity index (χ0n) is 33.6. The molecule has 0 spiro atoms. The van der Waals surface area contributed by atoms with Gasteiger partial charge >= 0.3 is 0 Å². The van der Waals surface area contributed by atoms with E-state index in [4.69, 9.17) is 56.8 Å². The molecule has 0 aliphatic carbocycles. The van der Waals surface area contributed by atoms with E-state index in [1.54, 1.807) is 82.2 Å². The first-order valence-electron chi connectivity index (χ1n) is 19.5. The Hall–Kier alpha value is -3.88. The monoisotopic (exact) mass is 930 g/mol. The zero-order chi connectivity index (χ0) is 41.0. The van der Waals surface area contributed by atoms with Gasteiger partial charge < -0.3 is 56.8 Å². The lowest BCUT2D eigenvalue weighted by molar-refractivity contribution is 0.147. The summed E-state index contributed by atoms with van der Waals surface area (Å²) in [6.45, 7) is 12.0. The molecule has 0 bridgehead atoms. The maximum absolute atomic E-state index is 6.51. The first-order chi connectivity index (χ1) is 29.3. The first-order valence-corrected chi connectivity index (χ1v) is 24.5. The van der Waals surface area contributed by atoms with E-state index in [0.29, 0.717) is 108 Å². The summed E-state index contributed by atoms with van der Waals surface area (Å²) in [5, 5.41) is 2.00. The van der Waals surface area contributed by atoms with Crippen LogP contribution in [0.1, 0.15) is 25.6 Å². The summed E-state index contributed by atoms with van der Waals surface area (Å²) in [5.41, 5.74) is -0.144. The van der Waals surface area contributed by atoms with Gasteiger partial charge in [-0.05, 0) is 0 Å². The van der Waals surface area contributed by atoms with Gasteiger partial charge in [-0.1, -0.05) is 20.8 Å². The van der Waals surface area contributed by atoms with Crippen LogP contribution < -0.4 is 47.4 Å². The molecule has 12 nitrogen and oxygen atoms in total. The van der Waals surface area contributed by atoms with Gasteiger partial charge in [0.25, 0.3) is 0 Å². The summed E-state index contributed by atoms with van der Waals surface area (Å²) >= 11 is 9.79. The maximum Gasteiger partial charge on any atom is 0.181 e. The van der Waals surface area contributed by atoms with Gasteiger partial charge in [-0.2, -0.15) is 0 Å². The van der Waals surface area contributed by atoms with Crippen LogP contribution in [0, 0.1) is 0 Å². The van der Waals surface area contributed by atoms with Gasteiger partial charge in [0.15, 0.2) is 46.0 Å². The third-order valence-electron chi connectivity index (χ3n) is 9.73. The predicted molar refractivity (Wildman–Crippen MR) is 238 cm³/mol. The number of methoxy groups -OCH3 is 2. The van der Waals surface area contributed by atoms with E-state index in [-0.39, 0.29) is 5.41 Å². The summed E-state index contributed by atoms with van der Waals surface area (Å²) in [4.78, 5) is 10.7. The van der Waals surface area contributed by atoms with E-state index < -0.39 is 0 Å². The van der Waals surface area contributed by atoms with Crippen LogP contribution >= 0.6 is 68.0 Å². The molecule has 4 aliphatic rings. The molecule has 18 heteroatoms. The standard InChI is InChI=1S/C42H42O12S6/c1-42(2,3)41-32-31(53-16-17-54-32)40(60-41)39-30-29(51-14-15-52-30)38(59-39)34-22(46-9-7-44-5)19-25(57-34)36-27-28(50-13-12-49-27)37(58-36)33-21(45-8-6-43-4)18-24(56-33)35-26-23(20-55-35)47-10-11-48-26/h18-20H,6-17H2,1-5H3. The molecule has 60 heavy (non-hydrogen) atoms. The second kappa shape index (κ2) is 16.8. The highest BCUT2D eigenvalue weighted by Crippen LogP contribution is 2.65. The topological polar surface area (TPSA) is 111 Å². The Morgan fingerprint density at radius 1 is 0.450 bits per heavy atom. The van der Waals surface area contributed by atoms with Crippen LogP contribution in [-0.4, -0.2) is 93.5 Å². The summed E-state index contributed by atoms with van der Waals surface area (Å²) in [6, 6.07) is 4.16. The van der Waals surface area contributed by atoms with Crippen LogP contribution in [0.5, 0.6) is 57.5 Å². The summed E-state index contributed by atoms with van der Waals surface area (Å²) in [5.74, 6) is 7.38. The van der Waals surface area contributed by atoms with Crippen LogP contribution in [0.2, 0.25) is 0 Å². The lowest BCUT2D eigenvalue weighted by Gasteiger charge is -2.22. The molecular weight excluding hydrogens is 889 g/mol. The van der Waals surface area contributed by atoms with Crippen LogP contribution in [-0.2, 0) is 14.9 Å². The van der Waals surface area contributed by atoms with Crippen molar-refractivity contribution in [3.05, 3.63) is 22.4 Å². The van der Waals surface area contributed by atoms with Crippen LogP contribution in [0.25, 0.3) is 48.8 Å². The number of rotatable bonds is 13. The number of ether oxygens (including phenoxy) is 12. The van der Waals surface area contributed by atoms with Crippen LogP contribution in [0.15, 0.2) is 17.5 Å². The molecular formula is C42H42O12S6. The van der Waals surface area contributed by atoms with E-state index in [2.05, 4.69) is 32.9 Å². The number of hydrogen-bond donors (Lipinski definition) is 0. The second-order valence-corrected chi connectivity index (χ2v) is 20.9. The molecule has 0 saturated carbocycles. The molecule has 6 aromatic heterocycles. The first kappa shape index (κ1) is 40.2. The van der Waals surface area contributed by atoms with Crippen molar-refractivity contribution in [1.29, 1.82) is 0 Å². The van der Waals surface area contributed by atoms with Gasteiger partial charge in [-0.3, -0.25) is 0 Å². The highest BCUT2D eigenvalue weighted by molar-refractivity contribution is 7.31. The Balaban J connectivity index is 1.10. The molecule has 0 fully saturated rings. The van der Waals surface area contributed by atoms with Gasteiger partial charge in [-0.15, -0.1) is 68.0 Å². The van der Waals surface area contributed by atoms with E-state index in [0.717, 1.165) is 82.4 Å². The van der Waals surface area contributed by atoms with E-state index in [1.807, 2.05) is 5.38 Å². The third kappa shape index (κ3) is 7.25. The normalized spacial score (nSPS) is 15.3. The smallest absolute Gasteiger partial charge is 0.181 e. The molecule has 10 rings (SSSR count). The van der Waals surface area contributed by atoms with E-state index >= 15 is 0 Å². The highest BCUT2D eigenvalue weighted by Gasteiger charge is 2.38. The zero-order valence-corrected chi connectivity index (χ0v) is 38.5. The lowest BCUT2D eigenvalue weighted by atomic mass is 9.94. The predicted octanol–water partition coefficient (Wildman–Crippen LogP) is 10.8. The summed E-state index contributed by atoms with van der Waals surface area (Å²) in [7, 11) is 3.34. The maximum atomic E-state index is 6.51. The van der Waals surface area contributed by atoms with Crippen molar-refractivity contribution in [3.8, 4) is 106 Å². The van der Waals surface area contributed by atoms with Crippen molar-refractivity contribution in [2.75, 3.05) is 93.5 Å². The quantitative estimate of drug-likeness (QED) is 0.103. The summed E-state index contributed by atoms with van der Waals surface area (Å²) in [6.07, 6.45) is 0. The average Bonchev–Trinajstić information content (AvgIpc) is 4.12. The number of fused-ring (bicyclic) bond motifs is 4. The van der Waals surface area contributed by atoms with Gasteiger partial charge in [0, 0.05) is 37.1 Å². The second-order valence-electron chi connectivity index (χ2n) is 14.8. The van der Waals surface area contributed by atoms with Gasteiger partial charge in [0.1, 0.15) is 77.6 Å². The van der Waals surface area contributed by atoms with E-state index in [1.165, 1.54) is 0 Å². The Morgan fingerprint density at radius 2 is 0.867 bits per heavy atom. The van der Waals surface area contributed by atoms with Gasteiger partial charge in [0.2, 0.25) is 0 Å². The molecule has 6 aromatic rings. The molecule has 0 radical (unpaired) electrons. The average molecular weight is 931 g/mol. The molecule has 0 amide bonds. The molecule has 0 aromatic carbocycles. The number of thiophene rings is 6. The van der Waals surface area contributed by atoms with Crippen molar-refractivity contribution in [2.45, 2.75) is 26.2 Å². The Morgan fingerprint density at radius 3 is 1.40 bits per heavy atom. The van der Waals surface area contributed by atoms with Crippen molar-refractivity contribution in [2.24, 2.45) is 0 Å². The molecule has 0 unspecified atom stereocenters. The molecule has 318 valence electrons. The SMILES string of the molecule is COCCOc1cc(-c2scc3c2OCCO3)sc1-c1sc(-c2cc(OCCOC)c(-c3sc(-c4sc(C(C)(C)C)c5c4OCCO5)c4c3OCCO4)s2)c2c1OCCO2. The fourth-order valence-electron chi connectivity index (χ4n) is 7.11. The minimum atomic E-state index is -0.144. The molecule has 0 N–H and O–H groups in total. The van der Waals surface area contributed by atoms with Gasteiger partial charge in [0.05, 0.1) is 66.9 Å². The largest absolute Gasteiger partial charge is 0.490 e. The minimum Gasteiger partial charge on any atom is -0.490 e. The third-order valence-corrected chi connectivity index (χ3v) is 17.6. The van der Waals surface area contributed by atoms with Crippen LogP contribution in [0.4, 0.5) is 0 Å². The lowest BCUT2D eigenvalue weighted by Crippen LogP contribution is -2.18. The Kier molecular flexibility index (Phi) is 11.2. The van der Waals surface area contributed by atoms with Crippen LogP contribution in [0.3, 0.4) is 0 Å². The Bertz CT molecular complexity index is 2510. The highest BCUT2D eigenvalue weighted by atomic mass is 32.1. The fraction of sp³-hybridized carbons (Fsp3) is 0.429. The van der Waals surface area contributed by atoms with Gasteiger partial charge in [-0.25, -0.2) is 0 Å². The molecule has 4 aliphatic heterocycles. The number of hydrogen-bond acceptors (Lipinski definition) is 18. The molecule has 0 saturated heterocycles. The van der Waals surface area contributed by atoms with Crippen molar-refractivity contribution in [3.63, 3.8) is 0 Å².